The highest BCUT2D eigenvalue weighted by molar-refractivity contribution is 5.63. The van der Waals surface area contributed by atoms with E-state index in [0.717, 1.165) is 24.3 Å². The highest BCUT2D eigenvalue weighted by Crippen LogP contribution is 2.18. The summed E-state index contributed by atoms with van der Waals surface area (Å²) in [6, 6.07) is 2.01. The molecule has 0 saturated carbocycles. The number of allylic oxidation sites excluding steroid dienone is 1. The van der Waals surface area contributed by atoms with Gasteiger partial charge in [-0.1, -0.05) is 6.08 Å². The summed E-state index contributed by atoms with van der Waals surface area (Å²) in [5, 5.41) is 3.47. The van der Waals surface area contributed by atoms with Crippen molar-refractivity contribution in [1.29, 1.82) is 0 Å². The molecule has 1 heterocycles. The number of pyridine rings is 1. The van der Waals surface area contributed by atoms with Gasteiger partial charge >= 0.3 is 0 Å². The summed E-state index contributed by atoms with van der Waals surface area (Å²) < 4.78 is 5.17. The van der Waals surface area contributed by atoms with E-state index in [-0.39, 0.29) is 5.54 Å². The fourth-order valence-corrected chi connectivity index (χ4v) is 1.60. The average Bonchev–Trinajstić information content (AvgIpc) is 2.33. The molecule has 0 fully saturated rings. The third-order valence-corrected chi connectivity index (χ3v) is 2.65. The van der Waals surface area contributed by atoms with Crippen LogP contribution in [0.1, 0.15) is 39.7 Å². The molecule has 0 saturated heterocycles. The highest BCUT2D eigenvalue weighted by Gasteiger charge is 2.06. The van der Waals surface area contributed by atoms with Gasteiger partial charge in [0.05, 0.1) is 13.3 Å². The van der Waals surface area contributed by atoms with Gasteiger partial charge in [0.2, 0.25) is 0 Å². The molecule has 0 bridgehead atoms. The minimum absolute atomic E-state index is 0.180. The quantitative estimate of drug-likeness (QED) is 0.812. The molecule has 1 rings (SSSR count). The zero-order valence-electron chi connectivity index (χ0n) is 12.1. The van der Waals surface area contributed by atoms with E-state index in [2.05, 4.69) is 44.1 Å². The van der Waals surface area contributed by atoms with Gasteiger partial charge in [0, 0.05) is 11.7 Å². The number of hydrogen-bond acceptors (Lipinski definition) is 3. The molecule has 1 aromatic heterocycles. The third kappa shape index (κ3) is 5.32. The second kappa shape index (κ2) is 6.55. The number of rotatable bonds is 5. The van der Waals surface area contributed by atoms with Gasteiger partial charge in [0.1, 0.15) is 5.75 Å². The summed E-state index contributed by atoms with van der Waals surface area (Å²) in [7, 11) is 1.66. The maximum atomic E-state index is 5.17. The molecule has 0 spiro atoms. The molecule has 0 amide bonds. The maximum absolute atomic E-state index is 5.17. The van der Waals surface area contributed by atoms with Crippen LogP contribution in [0.4, 0.5) is 0 Å². The zero-order valence-corrected chi connectivity index (χ0v) is 12.1. The molecule has 0 atom stereocenters. The lowest BCUT2D eigenvalue weighted by Crippen LogP contribution is -2.36. The van der Waals surface area contributed by atoms with Gasteiger partial charge in [-0.05, 0) is 57.9 Å². The Bertz CT molecular complexity index is 405. The molecular weight excluding hydrogens is 224 g/mol. The Morgan fingerprint density at radius 2 is 2.11 bits per heavy atom. The molecule has 0 radical (unpaired) electrons. The molecule has 1 N–H and O–H groups in total. The molecule has 100 valence electrons. The smallest absolute Gasteiger partial charge is 0.137 e. The minimum atomic E-state index is 0.180. The predicted octanol–water partition coefficient (Wildman–Crippen LogP) is 3.27. The molecule has 18 heavy (non-hydrogen) atoms. The zero-order chi connectivity index (χ0) is 13.6. The molecule has 3 heteroatoms. The Kier molecular flexibility index (Phi) is 5.35. The summed E-state index contributed by atoms with van der Waals surface area (Å²) in [6.07, 6.45) is 6.83. The van der Waals surface area contributed by atoms with Gasteiger partial charge in [-0.2, -0.15) is 0 Å². The lowest BCUT2D eigenvalue weighted by atomic mass is 10.1. The first-order chi connectivity index (χ1) is 8.42. The first kappa shape index (κ1) is 14.7. The summed E-state index contributed by atoms with van der Waals surface area (Å²) in [5.74, 6) is 0.799. The van der Waals surface area contributed by atoms with Gasteiger partial charge in [-0.3, -0.25) is 4.98 Å². The van der Waals surface area contributed by atoms with Crippen molar-refractivity contribution in [3.8, 4) is 5.75 Å². The van der Waals surface area contributed by atoms with E-state index in [4.69, 9.17) is 4.74 Å². The van der Waals surface area contributed by atoms with E-state index in [1.807, 2.05) is 12.3 Å². The van der Waals surface area contributed by atoms with Crippen LogP contribution in [0.15, 0.2) is 24.5 Å². The molecule has 0 aliphatic heterocycles. The van der Waals surface area contributed by atoms with Gasteiger partial charge in [-0.25, -0.2) is 0 Å². The predicted molar refractivity (Wildman–Crippen MR) is 76.8 cm³/mol. The van der Waals surface area contributed by atoms with Gasteiger partial charge < -0.3 is 10.1 Å². The first-order valence-corrected chi connectivity index (χ1v) is 6.33. The lowest BCUT2D eigenvalue weighted by molar-refractivity contribution is 0.412. The van der Waals surface area contributed by atoms with Crippen LogP contribution in [-0.4, -0.2) is 24.2 Å². The number of ether oxygens (including phenoxy) is 1. The van der Waals surface area contributed by atoms with Crippen LogP contribution in [0.5, 0.6) is 5.75 Å². The van der Waals surface area contributed by atoms with Crippen LogP contribution in [0, 0.1) is 0 Å². The maximum Gasteiger partial charge on any atom is 0.137 e. The average molecular weight is 248 g/mol. The molecule has 0 unspecified atom stereocenters. The second-order valence-corrected chi connectivity index (χ2v) is 5.47. The van der Waals surface area contributed by atoms with Crippen LogP contribution in [0.3, 0.4) is 0 Å². The number of nitrogens with one attached hydrogen (secondary N) is 1. The van der Waals surface area contributed by atoms with Crippen molar-refractivity contribution in [1.82, 2.24) is 10.3 Å². The van der Waals surface area contributed by atoms with Crippen molar-refractivity contribution in [2.24, 2.45) is 0 Å². The Labute approximate surface area is 110 Å². The SMILES string of the molecule is COc1cncc(/C(C)=C/CCNC(C)(C)C)c1. The Morgan fingerprint density at radius 1 is 1.39 bits per heavy atom. The molecular formula is C15H24N2O. The lowest BCUT2D eigenvalue weighted by Gasteiger charge is -2.19. The molecule has 3 nitrogen and oxygen atoms in total. The minimum Gasteiger partial charge on any atom is -0.495 e. The molecule has 0 aromatic carbocycles. The summed E-state index contributed by atoms with van der Waals surface area (Å²) >= 11 is 0. The number of aromatic nitrogens is 1. The van der Waals surface area contributed by atoms with Crippen molar-refractivity contribution < 1.29 is 4.74 Å². The van der Waals surface area contributed by atoms with Crippen LogP contribution in [0.25, 0.3) is 5.57 Å². The standard InChI is InChI=1S/C15H24N2O/c1-12(7-6-8-17-15(2,3)4)13-9-14(18-5)11-16-10-13/h7,9-11,17H,6,8H2,1-5H3/b12-7+. The molecule has 1 aromatic rings. The first-order valence-electron chi connectivity index (χ1n) is 6.33. The molecule has 0 aliphatic rings. The Hall–Kier alpha value is -1.35. The monoisotopic (exact) mass is 248 g/mol. The number of nitrogens with zero attached hydrogens (tertiary/aromatic N) is 1. The van der Waals surface area contributed by atoms with Crippen LogP contribution in [0.2, 0.25) is 0 Å². The number of methoxy groups -OCH3 is 1. The Morgan fingerprint density at radius 3 is 2.72 bits per heavy atom. The largest absolute Gasteiger partial charge is 0.495 e. The number of hydrogen-bond donors (Lipinski definition) is 1. The van der Waals surface area contributed by atoms with Crippen LogP contribution < -0.4 is 10.1 Å². The van der Waals surface area contributed by atoms with E-state index in [1.54, 1.807) is 13.3 Å². The normalized spacial score (nSPS) is 12.6. The summed E-state index contributed by atoms with van der Waals surface area (Å²) in [6.45, 7) is 9.62. The fraction of sp³-hybridized carbons (Fsp3) is 0.533. The van der Waals surface area contributed by atoms with Crippen molar-refractivity contribution in [3.05, 3.63) is 30.1 Å². The highest BCUT2D eigenvalue weighted by atomic mass is 16.5. The summed E-state index contributed by atoms with van der Waals surface area (Å²) in [5.41, 5.74) is 2.53. The van der Waals surface area contributed by atoms with E-state index in [1.165, 1.54) is 5.57 Å². The van der Waals surface area contributed by atoms with Crippen LogP contribution >= 0.6 is 0 Å². The van der Waals surface area contributed by atoms with E-state index in [9.17, 15) is 0 Å². The second-order valence-electron chi connectivity index (χ2n) is 5.47. The van der Waals surface area contributed by atoms with Crippen molar-refractivity contribution in [2.75, 3.05) is 13.7 Å². The van der Waals surface area contributed by atoms with Crippen molar-refractivity contribution >= 4 is 5.57 Å². The molecule has 0 aliphatic carbocycles. The van der Waals surface area contributed by atoms with Gasteiger partial charge in [0.15, 0.2) is 0 Å². The van der Waals surface area contributed by atoms with Crippen molar-refractivity contribution in [2.45, 2.75) is 39.7 Å². The van der Waals surface area contributed by atoms with E-state index < -0.39 is 0 Å². The van der Waals surface area contributed by atoms with Crippen molar-refractivity contribution in [3.63, 3.8) is 0 Å². The van der Waals surface area contributed by atoms with Gasteiger partial charge in [-0.15, -0.1) is 0 Å². The van der Waals surface area contributed by atoms with E-state index in [0.29, 0.717) is 0 Å². The van der Waals surface area contributed by atoms with Crippen LogP contribution in [-0.2, 0) is 0 Å². The van der Waals surface area contributed by atoms with E-state index >= 15 is 0 Å². The Balaban J connectivity index is 2.55. The van der Waals surface area contributed by atoms with Gasteiger partial charge in [0.25, 0.3) is 0 Å². The topological polar surface area (TPSA) is 34.1 Å². The fourth-order valence-electron chi connectivity index (χ4n) is 1.60. The third-order valence-electron chi connectivity index (χ3n) is 2.65. The summed E-state index contributed by atoms with van der Waals surface area (Å²) in [4.78, 5) is 4.16.